The Bertz CT molecular complexity index is 1010. The fraction of sp³-hybridized carbons (Fsp3) is 0.368. The molecule has 3 aromatic heterocycles. The molecule has 8 nitrogen and oxygen atoms in total. The molecule has 2 amide bonds. The second kappa shape index (κ2) is 7.23. The molecule has 0 bridgehead atoms. The number of nitrogens with zero attached hydrogens (tertiary/aromatic N) is 3. The number of hydrogen-bond acceptors (Lipinski definition) is 6. The zero-order chi connectivity index (χ0) is 19.8. The second-order valence-corrected chi connectivity index (χ2v) is 8.45. The number of aromatic amines is 1. The van der Waals surface area contributed by atoms with Crippen molar-refractivity contribution in [3.8, 4) is 0 Å². The van der Waals surface area contributed by atoms with Gasteiger partial charge in [-0.2, -0.15) is 5.10 Å². The molecule has 3 aromatic rings. The van der Waals surface area contributed by atoms with Crippen molar-refractivity contribution in [2.75, 3.05) is 17.6 Å². The summed E-state index contributed by atoms with van der Waals surface area (Å²) in [5, 5.41) is 9.64. The third kappa shape index (κ3) is 3.45. The molecule has 146 valence electrons. The molecule has 2 unspecified atom stereocenters. The Morgan fingerprint density at radius 3 is 2.89 bits per heavy atom. The molecule has 4 heterocycles. The highest BCUT2D eigenvalue weighted by atomic mass is 32.1. The van der Waals surface area contributed by atoms with Crippen LogP contribution in [0.15, 0.2) is 24.5 Å². The van der Waals surface area contributed by atoms with E-state index in [4.69, 9.17) is 5.73 Å². The topological polar surface area (TPSA) is 117 Å². The summed E-state index contributed by atoms with van der Waals surface area (Å²) in [6.07, 6.45) is 5.09. The van der Waals surface area contributed by atoms with Crippen molar-refractivity contribution in [1.82, 2.24) is 20.1 Å². The molecular formula is C19H22N6O2S. The Morgan fingerprint density at radius 1 is 1.32 bits per heavy atom. The minimum absolute atomic E-state index is 0.105. The van der Waals surface area contributed by atoms with Crippen molar-refractivity contribution in [2.24, 2.45) is 5.92 Å². The van der Waals surface area contributed by atoms with Crippen LogP contribution in [0.1, 0.15) is 36.2 Å². The fourth-order valence-corrected chi connectivity index (χ4v) is 4.71. The van der Waals surface area contributed by atoms with Gasteiger partial charge in [0.15, 0.2) is 0 Å². The number of carbonyl (C=O) groups is 2. The van der Waals surface area contributed by atoms with Crippen LogP contribution >= 0.6 is 11.3 Å². The van der Waals surface area contributed by atoms with E-state index in [1.807, 2.05) is 6.07 Å². The maximum Gasteiger partial charge on any atom is 0.313 e. The van der Waals surface area contributed by atoms with E-state index in [-0.39, 0.29) is 6.04 Å². The lowest BCUT2D eigenvalue weighted by atomic mass is 9.93. The van der Waals surface area contributed by atoms with Gasteiger partial charge < -0.3 is 16.0 Å². The van der Waals surface area contributed by atoms with E-state index in [9.17, 15) is 9.59 Å². The molecule has 1 aliphatic rings. The maximum absolute atomic E-state index is 13.0. The summed E-state index contributed by atoms with van der Waals surface area (Å²) < 4.78 is 1.05. The summed E-state index contributed by atoms with van der Waals surface area (Å²) in [6, 6.07) is 3.63. The first-order chi connectivity index (χ1) is 13.4. The van der Waals surface area contributed by atoms with Gasteiger partial charge in [0, 0.05) is 11.4 Å². The Labute approximate surface area is 166 Å². The van der Waals surface area contributed by atoms with Crippen LogP contribution in [0.5, 0.6) is 0 Å². The van der Waals surface area contributed by atoms with Gasteiger partial charge in [-0.05, 0) is 43.4 Å². The van der Waals surface area contributed by atoms with Crippen LogP contribution in [0, 0.1) is 12.8 Å². The molecule has 0 aromatic carbocycles. The van der Waals surface area contributed by atoms with Gasteiger partial charge in [0.1, 0.15) is 5.82 Å². The first kappa shape index (κ1) is 18.4. The predicted molar refractivity (Wildman–Crippen MR) is 109 cm³/mol. The van der Waals surface area contributed by atoms with Crippen LogP contribution in [0.3, 0.4) is 0 Å². The number of thiophene rings is 1. The number of piperidine rings is 1. The largest absolute Gasteiger partial charge is 0.383 e. The van der Waals surface area contributed by atoms with Gasteiger partial charge in [-0.15, -0.1) is 11.3 Å². The number of hydrogen-bond donors (Lipinski definition) is 3. The summed E-state index contributed by atoms with van der Waals surface area (Å²) in [4.78, 5) is 32.4. The van der Waals surface area contributed by atoms with Crippen LogP contribution in [-0.4, -0.2) is 38.4 Å². The van der Waals surface area contributed by atoms with Gasteiger partial charge >= 0.3 is 11.8 Å². The molecule has 1 aliphatic heterocycles. The molecule has 2 atom stereocenters. The van der Waals surface area contributed by atoms with Crippen LogP contribution in [-0.2, 0) is 9.59 Å². The van der Waals surface area contributed by atoms with Gasteiger partial charge in [0.25, 0.3) is 0 Å². The first-order valence-electron chi connectivity index (χ1n) is 9.19. The number of pyridine rings is 1. The number of aromatic nitrogens is 3. The number of fused-ring (bicyclic) bond motifs is 1. The molecule has 4 N–H and O–H groups in total. The summed E-state index contributed by atoms with van der Waals surface area (Å²) in [7, 11) is 0. The number of amides is 2. The monoisotopic (exact) mass is 398 g/mol. The smallest absolute Gasteiger partial charge is 0.313 e. The number of nitrogens with one attached hydrogen (secondary N) is 2. The van der Waals surface area contributed by atoms with Gasteiger partial charge in [-0.1, -0.05) is 6.92 Å². The predicted octanol–water partition coefficient (Wildman–Crippen LogP) is 2.85. The van der Waals surface area contributed by atoms with E-state index in [0.29, 0.717) is 24.0 Å². The van der Waals surface area contributed by atoms with E-state index >= 15 is 0 Å². The Hall–Kier alpha value is -2.94. The number of aryl methyl sites for hydroxylation is 1. The van der Waals surface area contributed by atoms with Gasteiger partial charge in [-0.25, -0.2) is 4.98 Å². The van der Waals surface area contributed by atoms with Gasteiger partial charge in [0.05, 0.1) is 34.3 Å². The molecule has 0 spiro atoms. The summed E-state index contributed by atoms with van der Waals surface area (Å²) >= 11 is 1.61. The zero-order valence-electron chi connectivity index (χ0n) is 15.7. The Morgan fingerprint density at radius 2 is 2.14 bits per heavy atom. The maximum atomic E-state index is 13.0. The SMILES string of the molecule is Cc1cc(NC(=O)C(=O)N2CC(C)CCC2c2cc3[nH]ncc3s2)cnc1N. The highest BCUT2D eigenvalue weighted by Gasteiger charge is 2.35. The van der Waals surface area contributed by atoms with Crippen LogP contribution in [0.2, 0.25) is 0 Å². The van der Waals surface area contributed by atoms with Crippen molar-refractivity contribution in [2.45, 2.75) is 32.7 Å². The number of nitrogens with two attached hydrogens (primary N) is 1. The van der Waals surface area contributed by atoms with Crippen molar-refractivity contribution >= 4 is 44.9 Å². The van der Waals surface area contributed by atoms with E-state index < -0.39 is 11.8 Å². The average Bonchev–Trinajstić information content (AvgIpc) is 3.26. The normalized spacial score (nSPS) is 19.7. The van der Waals surface area contributed by atoms with E-state index in [0.717, 1.165) is 33.5 Å². The number of H-pyrrole nitrogens is 1. The van der Waals surface area contributed by atoms with Crippen LogP contribution in [0.25, 0.3) is 10.2 Å². The van der Waals surface area contributed by atoms with E-state index in [1.165, 1.54) is 6.20 Å². The highest BCUT2D eigenvalue weighted by Crippen LogP contribution is 2.38. The number of nitrogen functional groups attached to an aromatic ring is 1. The molecule has 9 heteroatoms. The van der Waals surface area contributed by atoms with Crippen molar-refractivity contribution in [3.63, 3.8) is 0 Å². The summed E-state index contributed by atoms with van der Waals surface area (Å²) in [6.45, 7) is 4.46. The highest BCUT2D eigenvalue weighted by molar-refractivity contribution is 7.19. The lowest BCUT2D eigenvalue weighted by molar-refractivity contribution is -0.146. The van der Waals surface area contributed by atoms with Gasteiger partial charge in [0.2, 0.25) is 0 Å². The number of rotatable bonds is 2. The third-order valence-electron chi connectivity index (χ3n) is 5.12. The number of anilines is 2. The third-order valence-corrected chi connectivity index (χ3v) is 6.30. The van der Waals surface area contributed by atoms with Crippen molar-refractivity contribution in [1.29, 1.82) is 0 Å². The molecule has 28 heavy (non-hydrogen) atoms. The second-order valence-electron chi connectivity index (χ2n) is 7.33. The molecular weight excluding hydrogens is 376 g/mol. The molecule has 4 rings (SSSR count). The fourth-order valence-electron chi connectivity index (χ4n) is 3.57. The quantitative estimate of drug-likeness (QED) is 0.574. The molecule has 0 aliphatic carbocycles. The Kier molecular flexibility index (Phi) is 4.76. The Balaban J connectivity index is 1.56. The lowest BCUT2D eigenvalue weighted by Gasteiger charge is -2.37. The van der Waals surface area contributed by atoms with E-state index in [2.05, 4.69) is 27.4 Å². The van der Waals surface area contributed by atoms with Crippen LogP contribution in [0.4, 0.5) is 11.5 Å². The van der Waals surface area contributed by atoms with Crippen molar-refractivity contribution < 1.29 is 9.59 Å². The summed E-state index contributed by atoms with van der Waals surface area (Å²) in [5.41, 5.74) is 7.88. The average molecular weight is 398 g/mol. The molecule has 1 fully saturated rings. The number of carbonyl (C=O) groups excluding carboxylic acids is 2. The molecule has 0 radical (unpaired) electrons. The van der Waals surface area contributed by atoms with Crippen LogP contribution < -0.4 is 11.1 Å². The number of likely N-dealkylation sites (tertiary alicyclic amines) is 1. The summed E-state index contributed by atoms with van der Waals surface area (Å²) in [5.74, 6) is -0.438. The van der Waals surface area contributed by atoms with E-state index in [1.54, 1.807) is 35.4 Å². The standard InChI is InChI=1S/C19H22N6O2S/c1-10-3-4-14(15-6-13-16(28-15)8-22-24-13)25(9-10)19(27)18(26)23-12-5-11(2)17(20)21-7-12/h5-8,10,14H,3-4,9H2,1-2H3,(H2,20,21)(H,22,24)(H,23,26). The first-order valence-corrected chi connectivity index (χ1v) is 10.0. The lowest BCUT2D eigenvalue weighted by Crippen LogP contribution is -2.46. The van der Waals surface area contributed by atoms with Gasteiger partial charge in [-0.3, -0.25) is 14.7 Å². The minimum atomic E-state index is -0.658. The van der Waals surface area contributed by atoms with Crippen molar-refractivity contribution in [3.05, 3.63) is 35.0 Å². The molecule has 0 saturated carbocycles. The minimum Gasteiger partial charge on any atom is -0.383 e. The zero-order valence-corrected chi connectivity index (χ0v) is 16.5. The molecule has 1 saturated heterocycles.